The summed E-state index contributed by atoms with van der Waals surface area (Å²) in [6.45, 7) is 7.55. The molecule has 1 atom stereocenters. The number of methoxy groups -OCH3 is 1. The van der Waals surface area contributed by atoms with Gasteiger partial charge in [0.15, 0.2) is 0 Å². The SMILES string of the molecule is CCCNC(=O)C(NC(=O)c1cccc(OC)c1)C1CCN(C(=O)C(C)C)CC1. The Kier molecular flexibility index (Phi) is 8.49. The summed E-state index contributed by atoms with van der Waals surface area (Å²) in [5.74, 6) is 0.194. The second-order valence-electron chi connectivity index (χ2n) is 7.79. The van der Waals surface area contributed by atoms with Crippen molar-refractivity contribution in [1.29, 1.82) is 0 Å². The van der Waals surface area contributed by atoms with E-state index in [0.717, 1.165) is 6.42 Å². The van der Waals surface area contributed by atoms with Gasteiger partial charge < -0.3 is 20.3 Å². The summed E-state index contributed by atoms with van der Waals surface area (Å²) in [6.07, 6.45) is 2.19. The summed E-state index contributed by atoms with van der Waals surface area (Å²) in [4.78, 5) is 39.7. The molecule has 2 rings (SSSR count). The van der Waals surface area contributed by atoms with Crippen molar-refractivity contribution in [3.63, 3.8) is 0 Å². The Hall–Kier alpha value is -2.57. The van der Waals surface area contributed by atoms with Crippen molar-refractivity contribution >= 4 is 17.7 Å². The normalized spacial score (nSPS) is 15.7. The van der Waals surface area contributed by atoms with Crippen LogP contribution in [0.2, 0.25) is 0 Å². The zero-order chi connectivity index (χ0) is 21.4. The molecule has 1 aliphatic heterocycles. The number of hydrogen-bond donors (Lipinski definition) is 2. The van der Waals surface area contributed by atoms with Gasteiger partial charge >= 0.3 is 0 Å². The van der Waals surface area contributed by atoms with Crippen molar-refractivity contribution in [2.75, 3.05) is 26.7 Å². The number of likely N-dealkylation sites (tertiary alicyclic amines) is 1. The van der Waals surface area contributed by atoms with Crippen molar-refractivity contribution in [3.8, 4) is 5.75 Å². The van der Waals surface area contributed by atoms with Crippen molar-refractivity contribution in [2.45, 2.75) is 46.1 Å². The van der Waals surface area contributed by atoms with E-state index in [1.54, 1.807) is 31.4 Å². The molecule has 3 amide bonds. The van der Waals surface area contributed by atoms with Gasteiger partial charge in [-0.1, -0.05) is 26.8 Å². The van der Waals surface area contributed by atoms with Crippen molar-refractivity contribution in [1.82, 2.24) is 15.5 Å². The van der Waals surface area contributed by atoms with E-state index in [1.165, 1.54) is 0 Å². The molecule has 29 heavy (non-hydrogen) atoms. The molecule has 1 unspecified atom stereocenters. The molecule has 0 saturated carbocycles. The molecule has 7 heteroatoms. The highest BCUT2D eigenvalue weighted by molar-refractivity contribution is 5.98. The van der Waals surface area contributed by atoms with Crippen LogP contribution in [0.5, 0.6) is 5.75 Å². The van der Waals surface area contributed by atoms with Crippen LogP contribution in [0.4, 0.5) is 0 Å². The smallest absolute Gasteiger partial charge is 0.252 e. The van der Waals surface area contributed by atoms with Crippen LogP contribution < -0.4 is 15.4 Å². The van der Waals surface area contributed by atoms with Crippen LogP contribution in [-0.4, -0.2) is 55.4 Å². The Morgan fingerprint density at radius 3 is 2.48 bits per heavy atom. The van der Waals surface area contributed by atoms with Gasteiger partial charge in [-0.2, -0.15) is 0 Å². The molecule has 2 N–H and O–H groups in total. The van der Waals surface area contributed by atoms with Gasteiger partial charge in [-0.3, -0.25) is 14.4 Å². The van der Waals surface area contributed by atoms with Crippen molar-refractivity contribution in [2.24, 2.45) is 11.8 Å². The quantitative estimate of drug-likeness (QED) is 0.697. The number of benzene rings is 1. The Labute approximate surface area is 173 Å². The van der Waals surface area contributed by atoms with E-state index in [4.69, 9.17) is 4.74 Å². The zero-order valence-corrected chi connectivity index (χ0v) is 17.9. The Morgan fingerprint density at radius 2 is 1.90 bits per heavy atom. The summed E-state index contributed by atoms with van der Waals surface area (Å²) < 4.78 is 5.18. The molecule has 1 saturated heterocycles. The van der Waals surface area contributed by atoms with E-state index in [9.17, 15) is 14.4 Å². The van der Waals surface area contributed by atoms with Crippen molar-refractivity contribution in [3.05, 3.63) is 29.8 Å². The fourth-order valence-electron chi connectivity index (χ4n) is 3.56. The second-order valence-corrected chi connectivity index (χ2v) is 7.79. The van der Waals surface area contributed by atoms with E-state index in [-0.39, 0.29) is 29.6 Å². The number of piperidine rings is 1. The summed E-state index contributed by atoms with van der Waals surface area (Å²) in [5, 5.41) is 5.82. The predicted molar refractivity (Wildman–Crippen MR) is 112 cm³/mol. The minimum Gasteiger partial charge on any atom is -0.497 e. The van der Waals surface area contributed by atoms with E-state index >= 15 is 0 Å². The minimum absolute atomic E-state index is 0.0161. The molecule has 0 radical (unpaired) electrons. The van der Waals surface area contributed by atoms with E-state index in [2.05, 4.69) is 10.6 Å². The summed E-state index contributed by atoms with van der Waals surface area (Å²) >= 11 is 0. The molecule has 0 bridgehead atoms. The molecule has 1 aromatic carbocycles. The largest absolute Gasteiger partial charge is 0.497 e. The van der Waals surface area contributed by atoms with Crippen LogP contribution in [0, 0.1) is 11.8 Å². The van der Waals surface area contributed by atoms with Gasteiger partial charge in [0.2, 0.25) is 11.8 Å². The summed E-state index contributed by atoms with van der Waals surface area (Å²) in [5.41, 5.74) is 0.449. The average molecular weight is 404 g/mol. The maximum Gasteiger partial charge on any atom is 0.252 e. The Balaban J connectivity index is 2.10. The number of nitrogens with zero attached hydrogens (tertiary/aromatic N) is 1. The molecule has 0 aliphatic carbocycles. The monoisotopic (exact) mass is 403 g/mol. The lowest BCUT2D eigenvalue weighted by Crippen LogP contribution is -2.54. The fraction of sp³-hybridized carbons (Fsp3) is 0.591. The molecule has 7 nitrogen and oxygen atoms in total. The summed E-state index contributed by atoms with van der Waals surface area (Å²) in [7, 11) is 1.55. The van der Waals surface area contributed by atoms with Crippen LogP contribution in [0.15, 0.2) is 24.3 Å². The molecular weight excluding hydrogens is 370 g/mol. The number of nitrogens with one attached hydrogen (secondary N) is 2. The first kappa shape index (κ1) is 22.7. The van der Waals surface area contributed by atoms with Gasteiger partial charge in [0.1, 0.15) is 11.8 Å². The fourth-order valence-corrected chi connectivity index (χ4v) is 3.56. The third-order valence-electron chi connectivity index (χ3n) is 5.27. The second kappa shape index (κ2) is 10.8. The van der Waals surface area contributed by atoms with E-state index in [1.807, 2.05) is 25.7 Å². The standard InChI is InChI=1S/C22H33N3O4/c1-5-11-23-21(27)19(16-9-12-25(13-10-16)22(28)15(2)3)24-20(26)17-7-6-8-18(14-17)29-4/h6-8,14-16,19H,5,9-13H2,1-4H3,(H,23,27)(H,24,26). The average Bonchev–Trinajstić information content (AvgIpc) is 2.75. The number of carbonyl (C=O) groups excluding carboxylic acids is 3. The summed E-state index contributed by atoms with van der Waals surface area (Å²) in [6, 6.07) is 6.24. The lowest BCUT2D eigenvalue weighted by atomic mass is 9.88. The maximum absolute atomic E-state index is 12.8. The first-order valence-corrected chi connectivity index (χ1v) is 10.4. The molecule has 1 heterocycles. The van der Waals surface area contributed by atoms with Crippen LogP contribution in [0.1, 0.15) is 50.4 Å². The molecule has 0 aromatic heterocycles. The Morgan fingerprint density at radius 1 is 1.21 bits per heavy atom. The van der Waals surface area contributed by atoms with E-state index in [0.29, 0.717) is 43.8 Å². The van der Waals surface area contributed by atoms with Crippen LogP contribution >= 0.6 is 0 Å². The molecule has 1 aromatic rings. The predicted octanol–water partition coefficient (Wildman–Crippen LogP) is 2.21. The molecule has 0 spiro atoms. The zero-order valence-electron chi connectivity index (χ0n) is 17.9. The van der Waals surface area contributed by atoms with Gasteiger partial charge in [0, 0.05) is 31.1 Å². The third kappa shape index (κ3) is 6.21. The minimum atomic E-state index is -0.628. The third-order valence-corrected chi connectivity index (χ3v) is 5.27. The first-order valence-electron chi connectivity index (χ1n) is 10.4. The van der Waals surface area contributed by atoms with E-state index < -0.39 is 6.04 Å². The lowest BCUT2D eigenvalue weighted by molar-refractivity contribution is -0.136. The van der Waals surface area contributed by atoms with Crippen LogP contribution in [0.25, 0.3) is 0 Å². The Bertz CT molecular complexity index is 712. The molecular formula is C22H33N3O4. The molecule has 160 valence electrons. The number of carbonyl (C=O) groups is 3. The number of amides is 3. The maximum atomic E-state index is 12.8. The first-order chi connectivity index (χ1) is 13.9. The number of rotatable bonds is 8. The topological polar surface area (TPSA) is 87.7 Å². The highest BCUT2D eigenvalue weighted by Gasteiger charge is 2.34. The van der Waals surface area contributed by atoms with Gasteiger partial charge in [0.05, 0.1) is 7.11 Å². The van der Waals surface area contributed by atoms with Gasteiger partial charge in [-0.15, -0.1) is 0 Å². The van der Waals surface area contributed by atoms with Gasteiger partial charge in [-0.05, 0) is 43.4 Å². The van der Waals surface area contributed by atoms with Crippen molar-refractivity contribution < 1.29 is 19.1 Å². The number of ether oxygens (including phenoxy) is 1. The van der Waals surface area contributed by atoms with Gasteiger partial charge in [-0.25, -0.2) is 0 Å². The highest BCUT2D eigenvalue weighted by atomic mass is 16.5. The molecule has 1 aliphatic rings. The van der Waals surface area contributed by atoms with Gasteiger partial charge in [0.25, 0.3) is 5.91 Å². The molecule has 1 fully saturated rings. The van der Waals surface area contributed by atoms with Crippen LogP contribution in [-0.2, 0) is 9.59 Å². The van der Waals surface area contributed by atoms with Crippen LogP contribution in [0.3, 0.4) is 0 Å². The number of hydrogen-bond acceptors (Lipinski definition) is 4. The lowest BCUT2D eigenvalue weighted by Gasteiger charge is -2.36. The highest BCUT2D eigenvalue weighted by Crippen LogP contribution is 2.23.